The van der Waals surface area contributed by atoms with E-state index in [0.717, 1.165) is 0 Å². The second kappa shape index (κ2) is 9.63. The number of benzene rings is 1. The van der Waals surface area contributed by atoms with E-state index in [9.17, 15) is 25.0 Å². The minimum Gasteiger partial charge on any atom is -0.496 e. The summed E-state index contributed by atoms with van der Waals surface area (Å²) in [4.78, 5) is 36.4. The number of nitrogens with one attached hydrogen (secondary N) is 1. The minimum atomic E-state index is -0.691. The third-order valence-corrected chi connectivity index (χ3v) is 4.55. The SMILES string of the molecule is COc1ccc(/C=N\NC(=O)Cn2nc(C)c([N+](=O)[O-])c2C)cc1Cn1cnc([N+](=O)[O-])n1. The van der Waals surface area contributed by atoms with Gasteiger partial charge in [-0.1, -0.05) is 4.98 Å². The number of hydrazone groups is 1. The van der Waals surface area contributed by atoms with Crippen LogP contribution in [-0.2, 0) is 17.9 Å². The summed E-state index contributed by atoms with van der Waals surface area (Å²) >= 11 is 0. The Hall–Kier alpha value is -4.69. The molecule has 3 rings (SSSR count). The van der Waals surface area contributed by atoms with Crippen LogP contribution < -0.4 is 10.2 Å². The molecular formula is C18H19N9O6. The molecule has 0 saturated carbocycles. The van der Waals surface area contributed by atoms with E-state index in [1.54, 1.807) is 18.2 Å². The Morgan fingerprint density at radius 2 is 2.00 bits per heavy atom. The van der Waals surface area contributed by atoms with Crippen molar-refractivity contribution in [1.29, 1.82) is 0 Å². The van der Waals surface area contributed by atoms with Crippen molar-refractivity contribution < 1.29 is 19.4 Å². The summed E-state index contributed by atoms with van der Waals surface area (Å²) in [7, 11) is 1.49. The molecule has 0 bridgehead atoms. The molecule has 0 radical (unpaired) electrons. The highest BCUT2D eigenvalue weighted by atomic mass is 16.6. The van der Waals surface area contributed by atoms with Crippen LogP contribution in [0.25, 0.3) is 0 Å². The highest BCUT2D eigenvalue weighted by Gasteiger charge is 2.22. The highest BCUT2D eigenvalue weighted by molar-refractivity contribution is 5.82. The van der Waals surface area contributed by atoms with Crippen LogP contribution in [-0.4, -0.2) is 53.6 Å². The summed E-state index contributed by atoms with van der Waals surface area (Å²) in [6.45, 7) is 2.93. The van der Waals surface area contributed by atoms with Gasteiger partial charge in [0.15, 0.2) is 0 Å². The zero-order valence-electron chi connectivity index (χ0n) is 17.8. The van der Waals surface area contributed by atoms with E-state index < -0.39 is 21.7 Å². The van der Waals surface area contributed by atoms with Crippen molar-refractivity contribution in [1.82, 2.24) is 30.0 Å². The van der Waals surface area contributed by atoms with Gasteiger partial charge in [0.25, 0.3) is 5.91 Å². The fourth-order valence-electron chi connectivity index (χ4n) is 3.08. The van der Waals surface area contributed by atoms with Gasteiger partial charge in [0, 0.05) is 10.7 Å². The number of aryl methyl sites for hydroxylation is 1. The second-order valence-corrected chi connectivity index (χ2v) is 6.80. The molecule has 15 heteroatoms. The van der Waals surface area contributed by atoms with Crippen LogP contribution >= 0.6 is 0 Å². The van der Waals surface area contributed by atoms with E-state index in [2.05, 4.69) is 25.7 Å². The number of methoxy groups -OCH3 is 1. The van der Waals surface area contributed by atoms with Gasteiger partial charge < -0.3 is 14.9 Å². The Kier molecular flexibility index (Phi) is 6.71. The molecule has 3 aromatic rings. The van der Waals surface area contributed by atoms with E-state index in [0.29, 0.717) is 16.9 Å². The Morgan fingerprint density at radius 3 is 2.61 bits per heavy atom. The van der Waals surface area contributed by atoms with E-state index in [4.69, 9.17) is 4.74 Å². The van der Waals surface area contributed by atoms with E-state index in [1.165, 1.54) is 42.9 Å². The molecule has 1 N–H and O–H groups in total. The Balaban J connectivity index is 1.67. The molecule has 1 aromatic carbocycles. The molecule has 0 fully saturated rings. The summed E-state index contributed by atoms with van der Waals surface area (Å²) < 4.78 is 7.84. The van der Waals surface area contributed by atoms with E-state index in [1.807, 2.05) is 0 Å². The number of amides is 1. The van der Waals surface area contributed by atoms with Crippen LogP contribution in [0.2, 0.25) is 0 Å². The summed E-state index contributed by atoms with van der Waals surface area (Å²) in [5.74, 6) is -0.502. The predicted octanol–water partition coefficient (Wildman–Crippen LogP) is 1.12. The third kappa shape index (κ3) is 5.33. The number of nitrogens with zero attached hydrogens (tertiary/aromatic N) is 8. The zero-order valence-corrected chi connectivity index (χ0v) is 17.8. The van der Waals surface area contributed by atoms with Gasteiger partial charge in [0.1, 0.15) is 23.7 Å². The third-order valence-electron chi connectivity index (χ3n) is 4.55. The molecule has 0 spiro atoms. The van der Waals surface area contributed by atoms with Crippen molar-refractivity contribution in [2.75, 3.05) is 7.11 Å². The minimum absolute atomic E-state index is 0.130. The normalized spacial score (nSPS) is 11.0. The Labute approximate surface area is 186 Å². The Morgan fingerprint density at radius 1 is 1.24 bits per heavy atom. The number of ether oxygens (including phenoxy) is 1. The quantitative estimate of drug-likeness (QED) is 0.279. The van der Waals surface area contributed by atoms with Crippen LogP contribution in [0.3, 0.4) is 0 Å². The monoisotopic (exact) mass is 457 g/mol. The first-order chi connectivity index (χ1) is 15.7. The molecule has 0 saturated heterocycles. The molecule has 2 heterocycles. The molecule has 15 nitrogen and oxygen atoms in total. The number of rotatable bonds is 9. The van der Waals surface area contributed by atoms with Gasteiger partial charge >= 0.3 is 11.6 Å². The largest absolute Gasteiger partial charge is 0.496 e. The number of aromatic nitrogens is 5. The number of hydrogen-bond acceptors (Lipinski definition) is 10. The van der Waals surface area contributed by atoms with Crippen molar-refractivity contribution in [3.05, 3.63) is 67.3 Å². The lowest BCUT2D eigenvalue weighted by atomic mass is 10.1. The maximum absolute atomic E-state index is 12.2. The van der Waals surface area contributed by atoms with Crippen molar-refractivity contribution in [3.63, 3.8) is 0 Å². The van der Waals surface area contributed by atoms with E-state index in [-0.39, 0.29) is 30.2 Å². The summed E-state index contributed by atoms with van der Waals surface area (Å²) in [5.41, 5.74) is 3.97. The number of nitro groups is 2. The van der Waals surface area contributed by atoms with Crippen molar-refractivity contribution in [3.8, 4) is 5.75 Å². The molecule has 0 unspecified atom stereocenters. The molecule has 0 atom stereocenters. The maximum Gasteiger partial charge on any atom is 0.490 e. The Bertz CT molecular complexity index is 1250. The molecule has 1 amide bonds. The molecule has 172 valence electrons. The average molecular weight is 457 g/mol. The predicted molar refractivity (Wildman–Crippen MR) is 113 cm³/mol. The van der Waals surface area contributed by atoms with Gasteiger partial charge in [-0.25, -0.2) is 5.43 Å². The average Bonchev–Trinajstić information content (AvgIpc) is 3.32. The van der Waals surface area contributed by atoms with E-state index >= 15 is 0 Å². The van der Waals surface area contributed by atoms with Crippen molar-refractivity contribution >= 4 is 23.8 Å². The molecule has 0 aliphatic rings. The first-order valence-electron chi connectivity index (χ1n) is 9.40. The molecule has 0 aliphatic heterocycles. The van der Waals surface area contributed by atoms with Crippen molar-refractivity contribution in [2.45, 2.75) is 26.9 Å². The fourth-order valence-corrected chi connectivity index (χ4v) is 3.08. The second-order valence-electron chi connectivity index (χ2n) is 6.80. The van der Waals surface area contributed by atoms with Crippen LogP contribution in [0, 0.1) is 34.1 Å². The van der Waals surface area contributed by atoms with Gasteiger partial charge in [-0.3, -0.25) is 19.6 Å². The first-order valence-corrected chi connectivity index (χ1v) is 9.40. The molecule has 0 aliphatic carbocycles. The van der Waals surface area contributed by atoms with Crippen LogP contribution in [0.15, 0.2) is 29.6 Å². The van der Waals surface area contributed by atoms with Crippen LogP contribution in [0.1, 0.15) is 22.5 Å². The number of carbonyl (C=O) groups excluding carboxylic acids is 1. The van der Waals surface area contributed by atoms with Crippen LogP contribution in [0.5, 0.6) is 5.75 Å². The topological polar surface area (TPSA) is 186 Å². The first kappa shape index (κ1) is 23.0. The lowest BCUT2D eigenvalue weighted by Gasteiger charge is -2.08. The molecular weight excluding hydrogens is 438 g/mol. The highest BCUT2D eigenvalue weighted by Crippen LogP contribution is 2.22. The van der Waals surface area contributed by atoms with Crippen molar-refractivity contribution in [2.24, 2.45) is 5.10 Å². The fraction of sp³-hybridized carbons (Fsp3) is 0.278. The number of hydrogen-bond donors (Lipinski definition) is 1. The molecule has 2 aromatic heterocycles. The van der Waals surface area contributed by atoms with Crippen LogP contribution in [0.4, 0.5) is 11.6 Å². The standard InChI is InChI=1S/C18H19N9O6/c1-11-17(26(29)30)12(2)25(22-11)9-16(28)21-20-7-13-4-5-15(33-3)14(6-13)8-24-10-19-18(23-24)27(31)32/h4-7,10H,8-9H2,1-3H3,(H,21,28)/b20-7-. The smallest absolute Gasteiger partial charge is 0.490 e. The zero-order chi connectivity index (χ0) is 24.1. The summed E-state index contributed by atoms with van der Waals surface area (Å²) in [6.07, 6.45) is 2.64. The van der Waals surface area contributed by atoms with Gasteiger partial charge in [-0.05, 0) is 42.5 Å². The maximum atomic E-state index is 12.2. The van der Waals surface area contributed by atoms with Gasteiger partial charge in [0.2, 0.25) is 6.33 Å². The molecule has 33 heavy (non-hydrogen) atoms. The van der Waals surface area contributed by atoms with Gasteiger partial charge in [-0.15, -0.1) is 0 Å². The lowest BCUT2D eigenvalue weighted by Crippen LogP contribution is -2.24. The number of carbonyl (C=O) groups is 1. The summed E-state index contributed by atoms with van der Waals surface area (Å²) in [6, 6.07) is 5.09. The van der Waals surface area contributed by atoms with Gasteiger partial charge in [-0.2, -0.15) is 14.9 Å². The lowest BCUT2D eigenvalue weighted by molar-refractivity contribution is -0.394. The summed E-state index contributed by atoms with van der Waals surface area (Å²) in [5, 5.41) is 33.5. The van der Waals surface area contributed by atoms with Gasteiger partial charge in [0.05, 0.1) is 24.8 Å².